The van der Waals surface area contributed by atoms with Crippen molar-refractivity contribution in [2.24, 2.45) is 5.92 Å². The zero-order valence-corrected chi connectivity index (χ0v) is 16.1. The molecule has 0 bridgehead atoms. The van der Waals surface area contributed by atoms with Crippen LogP contribution in [0.3, 0.4) is 0 Å². The molecule has 1 aliphatic heterocycles. The first-order valence-electron chi connectivity index (χ1n) is 10.3. The lowest BCUT2D eigenvalue weighted by Crippen LogP contribution is -2.45. The summed E-state index contributed by atoms with van der Waals surface area (Å²) in [7, 11) is 2.22. The Bertz CT molecular complexity index is 658. The number of nitrogens with one attached hydrogen (secondary N) is 1. The summed E-state index contributed by atoms with van der Waals surface area (Å²) in [6, 6.07) is 11.3. The zero-order valence-electron chi connectivity index (χ0n) is 16.1. The van der Waals surface area contributed by atoms with Crippen molar-refractivity contribution in [2.75, 3.05) is 46.3 Å². The van der Waals surface area contributed by atoms with Crippen molar-refractivity contribution in [3.63, 3.8) is 0 Å². The van der Waals surface area contributed by atoms with Crippen molar-refractivity contribution in [1.29, 1.82) is 5.26 Å². The second-order valence-electron chi connectivity index (χ2n) is 8.67. The largest absolute Gasteiger partial charge is 0.314 e. The van der Waals surface area contributed by atoms with Crippen molar-refractivity contribution >= 4 is 0 Å². The van der Waals surface area contributed by atoms with Gasteiger partial charge in [-0.1, -0.05) is 12.1 Å². The standard InChI is InChI=1S/C22H32N4/c1-25-10-12-26(13-11-25)9-3-8-24-21-6-7-22(16-20(22)15-21)19-5-2-4-18(14-19)17-23/h2,4-5,14,20-21,24H,3,6-13,15-16H2,1H3. The van der Waals surface area contributed by atoms with E-state index in [9.17, 15) is 0 Å². The predicted molar refractivity (Wildman–Crippen MR) is 105 cm³/mol. The van der Waals surface area contributed by atoms with E-state index in [0.29, 0.717) is 11.5 Å². The molecule has 2 saturated carbocycles. The van der Waals surface area contributed by atoms with Crippen molar-refractivity contribution in [3.8, 4) is 6.07 Å². The quantitative estimate of drug-likeness (QED) is 0.799. The van der Waals surface area contributed by atoms with E-state index >= 15 is 0 Å². The molecular weight excluding hydrogens is 320 g/mol. The highest BCUT2D eigenvalue weighted by molar-refractivity contribution is 5.41. The minimum absolute atomic E-state index is 0.394. The molecule has 3 atom stereocenters. The van der Waals surface area contributed by atoms with E-state index in [4.69, 9.17) is 5.26 Å². The van der Waals surface area contributed by atoms with Crippen molar-refractivity contribution in [3.05, 3.63) is 35.4 Å². The first-order chi connectivity index (χ1) is 12.7. The Labute approximate surface area is 158 Å². The van der Waals surface area contributed by atoms with Crippen LogP contribution in [0.4, 0.5) is 0 Å². The molecule has 4 heteroatoms. The molecule has 0 radical (unpaired) electrons. The number of hydrogen-bond donors (Lipinski definition) is 1. The number of nitriles is 1. The highest BCUT2D eigenvalue weighted by Gasteiger charge is 2.57. The predicted octanol–water partition coefficient (Wildman–Crippen LogP) is 2.60. The number of piperazine rings is 1. The minimum atomic E-state index is 0.394. The Balaban J connectivity index is 1.19. The Morgan fingerprint density at radius 2 is 2.12 bits per heavy atom. The molecule has 1 heterocycles. The van der Waals surface area contributed by atoms with Gasteiger partial charge in [0.2, 0.25) is 0 Å². The van der Waals surface area contributed by atoms with E-state index in [2.05, 4.69) is 46.4 Å². The number of benzene rings is 1. The lowest BCUT2D eigenvalue weighted by molar-refractivity contribution is 0.152. The molecular formula is C22H32N4. The van der Waals surface area contributed by atoms with Crippen LogP contribution in [0.1, 0.15) is 43.2 Å². The average molecular weight is 353 g/mol. The SMILES string of the molecule is CN1CCN(CCCNC2CCC3(c4cccc(C#N)c4)CC3C2)CC1. The molecule has 0 spiro atoms. The van der Waals surface area contributed by atoms with Crippen LogP contribution in [0, 0.1) is 17.2 Å². The zero-order chi connectivity index (χ0) is 18.0. The number of nitrogens with zero attached hydrogens (tertiary/aromatic N) is 3. The van der Waals surface area contributed by atoms with Gasteiger partial charge in [0.15, 0.2) is 0 Å². The summed E-state index contributed by atoms with van der Waals surface area (Å²) >= 11 is 0. The van der Waals surface area contributed by atoms with Gasteiger partial charge < -0.3 is 15.1 Å². The van der Waals surface area contributed by atoms with E-state index in [1.807, 2.05) is 6.07 Å². The molecule has 4 nitrogen and oxygen atoms in total. The molecule has 4 rings (SSSR count). The normalized spacial score (nSPS) is 32.0. The molecule has 1 N–H and O–H groups in total. The summed E-state index contributed by atoms with van der Waals surface area (Å²) in [5.41, 5.74) is 2.62. The van der Waals surface area contributed by atoms with Crippen LogP contribution in [0.25, 0.3) is 0 Å². The Morgan fingerprint density at radius 1 is 1.27 bits per heavy atom. The number of hydrogen-bond acceptors (Lipinski definition) is 4. The Morgan fingerprint density at radius 3 is 2.88 bits per heavy atom. The highest BCUT2D eigenvalue weighted by Crippen LogP contribution is 2.62. The van der Waals surface area contributed by atoms with Crippen LogP contribution in [0.15, 0.2) is 24.3 Å². The minimum Gasteiger partial charge on any atom is -0.314 e. The number of rotatable bonds is 6. The topological polar surface area (TPSA) is 42.3 Å². The fraction of sp³-hybridized carbons (Fsp3) is 0.682. The van der Waals surface area contributed by atoms with Gasteiger partial charge in [-0.05, 0) is 81.3 Å². The first kappa shape index (κ1) is 18.0. The molecule has 2 aliphatic carbocycles. The van der Waals surface area contributed by atoms with E-state index < -0.39 is 0 Å². The maximum absolute atomic E-state index is 9.16. The third-order valence-corrected chi connectivity index (χ3v) is 6.99. The van der Waals surface area contributed by atoms with Crippen LogP contribution in [0.5, 0.6) is 0 Å². The van der Waals surface area contributed by atoms with Gasteiger partial charge in [0.25, 0.3) is 0 Å². The summed E-state index contributed by atoms with van der Waals surface area (Å²) in [4.78, 5) is 5.03. The first-order valence-corrected chi connectivity index (χ1v) is 10.3. The second-order valence-corrected chi connectivity index (χ2v) is 8.67. The van der Waals surface area contributed by atoms with E-state index in [0.717, 1.165) is 18.0 Å². The van der Waals surface area contributed by atoms with Gasteiger partial charge in [-0.25, -0.2) is 0 Å². The maximum Gasteiger partial charge on any atom is 0.0991 e. The molecule has 3 fully saturated rings. The van der Waals surface area contributed by atoms with Gasteiger partial charge in [0, 0.05) is 32.2 Å². The summed E-state index contributed by atoms with van der Waals surface area (Å²) in [6.45, 7) is 7.28. The maximum atomic E-state index is 9.16. The summed E-state index contributed by atoms with van der Waals surface area (Å²) in [6.07, 6.45) is 6.46. The highest BCUT2D eigenvalue weighted by atomic mass is 15.2. The van der Waals surface area contributed by atoms with Gasteiger partial charge in [0.1, 0.15) is 0 Å². The van der Waals surface area contributed by atoms with Gasteiger partial charge in [0.05, 0.1) is 11.6 Å². The monoisotopic (exact) mass is 352 g/mol. The van der Waals surface area contributed by atoms with Crippen LogP contribution in [-0.4, -0.2) is 62.2 Å². The van der Waals surface area contributed by atoms with Crippen molar-refractivity contribution < 1.29 is 0 Å². The van der Waals surface area contributed by atoms with Gasteiger partial charge in [-0.2, -0.15) is 5.26 Å². The summed E-state index contributed by atoms with van der Waals surface area (Å²) < 4.78 is 0. The molecule has 1 aromatic carbocycles. The average Bonchev–Trinajstić information content (AvgIpc) is 3.42. The third kappa shape index (κ3) is 3.81. The fourth-order valence-electron chi connectivity index (χ4n) is 5.15. The number of likely N-dealkylation sites (N-methyl/N-ethyl adjacent to an activating group) is 1. The fourth-order valence-corrected chi connectivity index (χ4v) is 5.15. The summed E-state index contributed by atoms with van der Waals surface area (Å²) in [5.74, 6) is 0.820. The molecule has 140 valence electrons. The molecule has 1 aromatic rings. The van der Waals surface area contributed by atoms with Crippen molar-refractivity contribution in [2.45, 2.75) is 43.6 Å². The van der Waals surface area contributed by atoms with Crippen LogP contribution >= 0.6 is 0 Å². The molecule has 26 heavy (non-hydrogen) atoms. The number of fused-ring (bicyclic) bond motifs is 1. The molecule has 1 saturated heterocycles. The Kier molecular flexibility index (Phi) is 5.31. The molecule has 0 amide bonds. The van der Waals surface area contributed by atoms with Gasteiger partial charge >= 0.3 is 0 Å². The lowest BCUT2D eigenvalue weighted by Gasteiger charge is -2.33. The van der Waals surface area contributed by atoms with Gasteiger partial charge in [-0.15, -0.1) is 0 Å². The Hall–Kier alpha value is -1.41. The summed E-state index contributed by atoms with van der Waals surface area (Å²) in [5, 5.41) is 13.0. The smallest absolute Gasteiger partial charge is 0.0991 e. The molecule has 3 unspecified atom stereocenters. The van der Waals surface area contributed by atoms with E-state index in [1.54, 1.807) is 0 Å². The van der Waals surface area contributed by atoms with Crippen molar-refractivity contribution in [1.82, 2.24) is 15.1 Å². The second kappa shape index (κ2) is 7.68. The molecule has 3 aliphatic rings. The lowest BCUT2D eigenvalue weighted by atomic mass is 9.80. The third-order valence-electron chi connectivity index (χ3n) is 6.99. The van der Waals surface area contributed by atoms with Crippen LogP contribution < -0.4 is 5.32 Å². The van der Waals surface area contributed by atoms with E-state index in [-0.39, 0.29) is 0 Å². The van der Waals surface area contributed by atoms with Crippen LogP contribution in [0.2, 0.25) is 0 Å². The van der Waals surface area contributed by atoms with Crippen LogP contribution in [-0.2, 0) is 5.41 Å². The van der Waals surface area contributed by atoms with E-state index in [1.165, 1.54) is 70.4 Å². The van der Waals surface area contributed by atoms with Gasteiger partial charge in [-0.3, -0.25) is 0 Å². The molecule has 0 aromatic heterocycles.